The van der Waals surface area contributed by atoms with Crippen molar-refractivity contribution in [3.8, 4) is 11.1 Å². The van der Waals surface area contributed by atoms with Gasteiger partial charge in [-0.3, -0.25) is 14.8 Å². The molecule has 9 heteroatoms. The molecule has 0 saturated carbocycles. The van der Waals surface area contributed by atoms with Crippen LogP contribution >= 0.6 is 0 Å². The normalized spacial score (nSPS) is 17.0. The highest BCUT2D eigenvalue weighted by Crippen LogP contribution is 2.39. The van der Waals surface area contributed by atoms with Crippen LogP contribution in [0.2, 0.25) is 0 Å². The van der Waals surface area contributed by atoms with E-state index in [9.17, 15) is 14.7 Å². The minimum atomic E-state index is -0.525. The maximum Gasteiger partial charge on any atom is 0.243 e. The smallest absolute Gasteiger partial charge is 0.243 e. The Kier molecular flexibility index (Phi) is 20.5. The number of aliphatic hydroxyl groups excluding tert-OH is 1. The van der Waals surface area contributed by atoms with Gasteiger partial charge in [-0.15, -0.1) is 0 Å². The number of nitrogens with one attached hydrogen (secondary N) is 2. The van der Waals surface area contributed by atoms with Crippen LogP contribution in [0.15, 0.2) is 72.8 Å². The molecule has 0 spiro atoms. The van der Waals surface area contributed by atoms with Crippen molar-refractivity contribution >= 4 is 11.8 Å². The van der Waals surface area contributed by atoms with E-state index in [0.29, 0.717) is 13.0 Å². The lowest BCUT2D eigenvalue weighted by molar-refractivity contribution is -0.253. The molecule has 9 nitrogen and oxygen atoms in total. The molecule has 0 aromatic heterocycles. The summed E-state index contributed by atoms with van der Waals surface area (Å²) >= 11 is 0. The van der Waals surface area contributed by atoms with Gasteiger partial charge in [0.15, 0.2) is 6.29 Å². The molecule has 3 aromatic carbocycles. The highest BCUT2D eigenvalue weighted by atomic mass is 16.7. The second kappa shape index (κ2) is 25.5. The second-order valence-corrected chi connectivity index (χ2v) is 15.1. The summed E-state index contributed by atoms with van der Waals surface area (Å²) in [7, 11) is 0. The SMILES string of the molecule is CCCCCCCCN(CCCCCCCC)C[C@H]1C[C@@H](c2ccc(CO)cc2)O[C@@H](c2ccc(-c3ccccc3CNC(=O)CCCC(=O)NO)cc2)O1. The van der Waals surface area contributed by atoms with Gasteiger partial charge in [0.25, 0.3) is 0 Å². The fourth-order valence-corrected chi connectivity index (χ4v) is 7.37. The van der Waals surface area contributed by atoms with Gasteiger partial charge < -0.3 is 24.8 Å². The Morgan fingerprint density at radius 2 is 1.31 bits per heavy atom. The van der Waals surface area contributed by atoms with Crippen LogP contribution in [0.4, 0.5) is 0 Å². The lowest BCUT2D eigenvalue weighted by atomic mass is 9.97. The Balaban J connectivity index is 1.46. The zero-order valence-corrected chi connectivity index (χ0v) is 33.5. The lowest BCUT2D eigenvalue weighted by Crippen LogP contribution is -2.40. The van der Waals surface area contributed by atoms with Crippen LogP contribution in [0.3, 0.4) is 0 Å². The third-order valence-corrected chi connectivity index (χ3v) is 10.7. The van der Waals surface area contributed by atoms with Crippen LogP contribution in [0.25, 0.3) is 11.1 Å². The first kappa shape index (κ1) is 44.1. The number of benzene rings is 3. The minimum Gasteiger partial charge on any atom is -0.392 e. The third kappa shape index (κ3) is 15.8. The largest absolute Gasteiger partial charge is 0.392 e. The number of aliphatic hydroxyl groups is 1. The van der Waals surface area contributed by atoms with Crippen LogP contribution < -0.4 is 10.8 Å². The molecule has 0 radical (unpaired) electrons. The minimum absolute atomic E-state index is 0.00323. The number of amides is 2. The Morgan fingerprint density at radius 1 is 0.709 bits per heavy atom. The summed E-state index contributed by atoms with van der Waals surface area (Å²) in [5, 5.41) is 21.3. The third-order valence-electron chi connectivity index (χ3n) is 10.7. The number of hydrogen-bond donors (Lipinski definition) is 4. The summed E-state index contributed by atoms with van der Waals surface area (Å²) in [6.07, 6.45) is 16.2. The van der Waals surface area contributed by atoms with Crippen molar-refractivity contribution in [1.82, 2.24) is 15.7 Å². The molecular formula is C46H67N3O6. The molecule has 1 fully saturated rings. The zero-order valence-electron chi connectivity index (χ0n) is 33.5. The first-order valence-corrected chi connectivity index (χ1v) is 21.0. The van der Waals surface area contributed by atoms with Gasteiger partial charge in [-0.05, 0) is 60.2 Å². The molecule has 1 saturated heterocycles. The van der Waals surface area contributed by atoms with Crippen molar-refractivity contribution in [2.45, 2.75) is 148 Å². The van der Waals surface area contributed by atoms with E-state index in [2.05, 4.69) is 66.5 Å². The van der Waals surface area contributed by atoms with Crippen LogP contribution in [0, 0.1) is 0 Å². The van der Waals surface area contributed by atoms with E-state index >= 15 is 0 Å². The van der Waals surface area contributed by atoms with Crippen LogP contribution in [0.1, 0.15) is 151 Å². The number of hydrogen-bond acceptors (Lipinski definition) is 7. The molecule has 1 heterocycles. The van der Waals surface area contributed by atoms with Crippen LogP contribution in [-0.2, 0) is 32.2 Å². The second-order valence-electron chi connectivity index (χ2n) is 15.1. The van der Waals surface area contributed by atoms with Crippen molar-refractivity contribution in [2.24, 2.45) is 0 Å². The van der Waals surface area contributed by atoms with Gasteiger partial charge in [-0.25, -0.2) is 5.48 Å². The lowest BCUT2D eigenvalue weighted by Gasteiger charge is -2.38. The highest BCUT2D eigenvalue weighted by Gasteiger charge is 2.33. The molecule has 55 heavy (non-hydrogen) atoms. The predicted octanol–water partition coefficient (Wildman–Crippen LogP) is 9.71. The molecule has 1 aliphatic rings. The van der Waals surface area contributed by atoms with Crippen molar-refractivity contribution in [3.63, 3.8) is 0 Å². The number of carbonyl (C=O) groups is 2. The van der Waals surface area contributed by atoms with Crippen molar-refractivity contribution in [1.29, 1.82) is 0 Å². The van der Waals surface area contributed by atoms with E-state index in [1.807, 2.05) is 30.3 Å². The average Bonchev–Trinajstić information content (AvgIpc) is 3.22. The van der Waals surface area contributed by atoms with E-state index in [1.54, 1.807) is 5.48 Å². The number of rotatable bonds is 26. The highest BCUT2D eigenvalue weighted by molar-refractivity contribution is 5.78. The molecule has 0 bridgehead atoms. The van der Waals surface area contributed by atoms with E-state index < -0.39 is 12.2 Å². The molecule has 302 valence electrons. The number of ether oxygens (including phenoxy) is 2. The van der Waals surface area contributed by atoms with Crippen molar-refractivity contribution in [3.05, 3.63) is 95.1 Å². The van der Waals surface area contributed by atoms with Gasteiger partial charge in [0.1, 0.15) is 0 Å². The van der Waals surface area contributed by atoms with E-state index in [-0.39, 0.29) is 37.6 Å². The maximum absolute atomic E-state index is 12.5. The molecular weight excluding hydrogens is 691 g/mol. The average molecular weight is 758 g/mol. The standard InChI is InChI=1S/C46H67N3O6/c1-3-5-7-9-11-15-30-49(31-16-12-10-8-6-4-2)34-41-32-43(38-24-22-36(35-50)23-25-38)55-46(54-41)39-28-26-37(27-29-39)42-19-14-13-18-40(42)33-47-44(51)20-17-21-45(52)48-53/h13-14,18-19,22-29,41,43,46,50,53H,3-12,15-17,20-21,30-35H2,1-2H3,(H,47,51)(H,48,52)/t41-,43+,46+/m1/s1. The summed E-state index contributed by atoms with van der Waals surface area (Å²) in [6, 6.07) is 24.5. The summed E-state index contributed by atoms with van der Waals surface area (Å²) in [5.41, 5.74) is 7.59. The fourth-order valence-electron chi connectivity index (χ4n) is 7.37. The molecule has 1 aliphatic heterocycles. The summed E-state index contributed by atoms with van der Waals surface area (Å²) < 4.78 is 13.5. The van der Waals surface area contributed by atoms with E-state index in [0.717, 1.165) is 59.4 Å². The van der Waals surface area contributed by atoms with Gasteiger partial charge in [-0.2, -0.15) is 0 Å². The van der Waals surface area contributed by atoms with E-state index in [4.69, 9.17) is 14.7 Å². The number of nitrogens with zero attached hydrogens (tertiary/aromatic N) is 1. The Hall–Kier alpha value is -3.60. The van der Waals surface area contributed by atoms with Crippen molar-refractivity contribution in [2.75, 3.05) is 19.6 Å². The number of unbranched alkanes of at least 4 members (excludes halogenated alkanes) is 10. The van der Waals surface area contributed by atoms with Crippen LogP contribution in [-0.4, -0.2) is 52.8 Å². The van der Waals surface area contributed by atoms with Gasteiger partial charge in [0.2, 0.25) is 11.8 Å². The molecule has 0 aliphatic carbocycles. The first-order chi connectivity index (χ1) is 26.9. The monoisotopic (exact) mass is 758 g/mol. The topological polar surface area (TPSA) is 120 Å². The fraction of sp³-hybridized carbons (Fsp3) is 0.565. The molecule has 4 N–H and O–H groups in total. The quantitative estimate of drug-likeness (QED) is 0.0366. The Morgan fingerprint density at radius 3 is 1.95 bits per heavy atom. The first-order valence-electron chi connectivity index (χ1n) is 21.0. The zero-order chi connectivity index (χ0) is 39.1. The Labute approximate surface area is 330 Å². The molecule has 3 atom stereocenters. The summed E-state index contributed by atoms with van der Waals surface area (Å²) in [4.78, 5) is 26.4. The molecule has 3 aromatic rings. The van der Waals surface area contributed by atoms with Gasteiger partial charge in [0.05, 0.1) is 18.8 Å². The maximum atomic E-state index is 12.5. The number of carbonyl (C=O) groups excluding carboxylic acids is 2. The van der Waals surface area contributed by atoms with Crippen LogP contribution in [0.5, 0.6) is 0 Å². The predicted molar refractivity (Wildman–Crippen MR) is 219 cm³/mol. The summed E-state index contributed by atoms with van der Waals surface area (Å²) in [5.74, 6) is -0.641. The number of hydroxylamine groups is 1. The van der Waals surface area contributed by atoms with Gasteiger partial charge in [-0.1, -0.05) is 151 Å². The van der Waals surface area contributed by atoms with Gasteiger partial charge in [0, 0.05) is 37.9 Å². The summed E-state index contributed by atoms with van der Waals surface area (Å²) in [6.45, 7) is 7.98. The molecule has 2 amide bonds. The molecule has 4 rings (SSSR count). The van der Waals surface area contributed by atoms with Crippen molar-refractivity contribution < 1.29 is 29.4 Å². The van der Waals surface area contributed by atoms with E-state index in [1.165, 1.54) is 77.0 Å². The Bertz CT molecular complexity index is 1500. The molecule has 0 unspecified atom stereocenters. The van der Waals surface area contributed by atoms with Gasteiger partial charge >= 0.3 is 0 Å².